The first kappa shape index (κ1) is 12.5. The number of nitrogens with one attached hydrogen (secondary N) is 1. The van der Waals surface area contributed by atoms with Gasteiger partial charge in [0.1, 0.15) is 0 Å². The summed E-state index contributed by atoms with van der Waals surface area (Å²) in [5.41, 5.74) is 0.952. The average Bonchev–Trinajstić information content (AvgIpc) is 2.72. The van der Waals surface area contributed by atoms with Crippen molar-refractivity contribution in [1.29, 1.82) is 0 Å². The number of aromatic nitrogens is 2. The lowest BCUT2D eigenvalue weighted by Gasteiger charge is -2.09. The van der Waals surface area contributed by atoms with Crippen molar-refractivity contribution in [2.45, 2.75) is 12.7 Å². The highest BCUT2D eigenvalue weighted by Gasteiger charge is 2.29. The molecule has 0 aliphatic carbocycles. The van der Waals surface area contributed by atoms with Gasteiger partial charge in [-0.3, -0.25) is 0 Å². The van der Waals surface area contributed by atoms with Gasteiger partial charge in [0.25, 0.3) is 0 Å². The van der Waals surface area contributed by atoms with Crippen LogP contribution in [-0.2, 0) is 19.8 Å². The van der Waals surface area contributed by atoms with Gasteiger partial charge in [0, 0.05) is 18.9 Å². The summed E-state index contributed by atoms with van der Waals surface area (Å²) in [5.74, 6) is 0. The minimum atomic E-state index is -4.29. The minimum absolute atomic E-state index is 0.516. The lowest BCUT2D eigenvalue weighted by atomic mass is 10.2. The molecule has 6 heteroatoms. The first-order chi connectivity index (χ1) is 8.47. The second-order valence-corrected chi connectivity index (χ2v) is 3.92. The van der Waals surface area contributed by atoms with E-state index in [1.807, 2.05) is 11.6 Å². The number of imidazole rings is 1. The van der Waals surface area contributed by atoms with Crippen molar-refractivity contribution in [3.05, 3.63) is 48.0 Å². The lowest BCUT2D eigenvalue weighted by molar-refractivity contribution is -0.137. The van der Waals surface area contributed by atoms with Crippen LogP contribution in [0.1, 0.15) is 11.3 Å². The Kier molecular flexibility index (Phi) is 3.27. The highest BCUT2D eigenvalue weighted by atomic mass is 19.4. The Morgan fingerprint density at radius 2 is 1.89 bits per heavy atom. The number of anilines is 1. The zero-order valence-corrected chi connectivity index (χ0v) is 9.70. The number of hydrogen-bond donors (Lipinski definition) is 1. The van der Waals surface area contributed by atoms with Crippen molar-refractivity contribution in [2.75, 3.05) is 5.32 Å². The number of halogens is 3. The molecule has 0 aliphatic heterocycles. The number of benzene rings is 1. The summed E-state index contributed by atoms with van der Waals surface area (Å²) in [6.07, 6.45) is -0.915. The Hall–Kier alpha value is -1.98. The predicted octanol–water partition coefficient (Wildman–Crippen LogP) is 3.05. The maximum Gasteiger partial charge on any atom is 0.416 e. The van der Waals surface area contributed by atoms with Gasteiger partial charge in [-0.25, -0.2) is 4.98 Å². The van der Waals surface area contributed by atoms with Crippen LogP contribution in [0.4, 0.5) is 18.9 Å². The van der Waals surface area contributed by atoms with Gasteiger partial charge >= 0.3 is 6.18 Å². The molecule has 1 N–H and O–H groups in total. The van der Waals surface area contributed by atoms with Crippen LogP contribution >= 0.6 is 0 Å². The highest BCUT2D eigenvalue weighted by molar-refractivity contribution is 5.45. The smallest absolute Gasteiger partial charge is 0.379 e. The molecule has 0 unspecified atom stereocenters. The fourth-order valence-electron chi connectivity index (χ4n) is 1.52. The van der Waals surface area contributed by atoms with Crippen LogP contribution in [-0.4, -0.2) is 9.55 Å². The molecule has 2 aromatic rings. The average molecular weight is 255 g/mol. The van der Waals surface area contributed by atoms with Crippen LogP contribution in [0.2, 0.25) is 0 Å². The molecule has 0 atom stereocenters. The molecule has 3 nitrogen and oxygen atoms in total. The van der Waals surface area contributed by atoms with E-state index in [-0.39, 0.29) is 0 Å². The van der Waals surface area contributed by atoms with Gasteiger partial charge in [-0.1, -0.05) is 0 Å². The quantitative estimate of drug-likeness (QED) is 0.913. The monoisotopic (exact) mass is 255 g/mol. The zero-order chi connectivity index (χ0) is 13.2. The summed E-state index contributed by atoms with van der Waals surface area (Å²) in [5, 5.41) is 3.04. The van der Waals surface area contributed by atoms with E-state index in [0.717, 1.165) is 17.8 Å². The Morgan fingerprint density at radius 3 is 2.39 bits per heavy atom. The van der Waals surface area contributed by atoms with E-state index in [9.17, 15) is 13.2 Å². The summed E-state index contributed by atoms with van der Waals surface area (Å²) in [6.45, 7) is 0.516. The topological polar surface area (TPSA) is 29.9 Å². The van der Waals surface area contributed by atoms with Gasteiger partial charge in [-0.15, -0.1) is 0 Å². The Balaban J connectivity index is 2.01. The summed E-state index contributed by atoms with van der Waals surface area (Å²) in [6, 6.07) is 4.95. The normalized spacial score (nSPS) is 11.6. The third kappa shape index (κ3) is 2.82. The SMILES string of the molecule is Cn1cncc1CNc1ccc(C(F)(F)F)cc1. The Morgan fingerprint density at radius 1 is 1.22 bits per heavy atom. The van der Waals surface area contributed by atoms with E-state index in [4.69, 9.17) is 0 Å². The van der Waals surface area contributed by atoms with Crippen LogP contribution in [0.5, 0.6) is 0 Å². The molecule has 0 amide bonds. The van der Waals surface area contributed by atoms with E-state index in [1.54, 1.807) is 12.5 Å². The van der Waals surface area contributed by atoms with Crippen molar-refractivity contribution in [1.82, 2.24) is 9.55 Å². The van der Waals surface area contributed by atoms with Gasteiger partial charge in [0.2, 0.25) is 0 Å². The molecule has 0 fully saturated rings. The van der Waals surface area contributed by atoms with E-state index in [1.165, 1.54) is 12.1 Å². The Bertz CT molecular complexity index is 514. The summed E-state index contributed by atoms with van der Waals surface area (Å²) in [4.78, 5) is 3.95. The van der Waals surface area contributed by atoms with Crippen LogP contribution in [0.3, 0.4) is 0 Å². The van der Waals surface area contributed by atoms with Gasteiger partial charge < -0.3 is 9.88 Å². The van der Waals surface area contributed by atoms with Crippen molar-refractivity contribution in [3.63, 3.8) is 0 Å². The van der Waals surface area contributed by atoms with Gasteiger partial charge in [0.15, 0.2) is 0 Å². The number of aryl methyl sites for hydroxylation is 1. The standard InChI is InChI=1S/C12H12F3N3/c1-18-8-16-6-11(18)7-17-10-4-2-9(3-5-10)12(13,14)15/h2-6,8,17H,7H2,1H3. The predicted molar refractivity (Wildman–Crippen MR) is 62.0 cm³/mol. The largest absolute Gasteiger partial charge is 0.416 e. The molecule has 1 aromatic heterocycles. The molecule has 0 aliphatic rings. The number of nitrogens with zero attached hydrogens (tertiary/aromatic N) is 2. The van der Waals surface area contributed by atoms with Crippen molar-refractivity contribution in [3.8, 4) is 0 Å². The highest BCUT2D eigenvalue weighted by Crippen LogP contribution is 2.29. The first-order valence-electron chi connectivity index (χ1n) is 5.33. The van der Waals surface area contributed by atoms with Crippen LogP contribution in [0.15, 0.2) is 36.8 Å². The molecular weight excluding hydrogens is 243 g/mol. The molecule has 2 rings (SSSR count). The number of hydrogen-bond acceptors (Lipinski definition) is 2. The molecule has 1 heterocycles. The van der Waals surface area contributed by atoms with Crippen molar-refractivity contribution in [2.24, 2.45) is 7.05 Å². The number of rotatable bonds is 3. The molecule has 0 bridgehead atoms. The lowest BCUT2D eigenvalue weighted by Crippen LogP contribution is -2.06. The molecule has 0 radical (unpaired) electrons. The van der Waals surface area contributed by atoms with E-state index < -0.39 is 11.7 Å². The second-order valence-electron chi connectivity index (χ2n) is 3.92. The zero-order valence-electron chi connectivity index (χ0n) is 9.70. The third-order valence-corrected chi connectivity index (χ3v) is 2.60. The van der Waals surface area contributed by atoms with Crippen LogP contribution in [0.25, 0.3) is 0 Å². The van der Waals surface area contributed by atoms with Gasteiger partial charge in [0.05, 0.1) is 24.1 Å². The first-order valence-corrected chi connectivity index (χ1v) is 5.33. The molecule has 18 heavy (non-hydrogen) atoms. The van der Waals surface area contributed by atoms with Crippen molar-refractivity contribution < 1.29 is 13.2 Å². The molecule has 0 spiro atoms. The van der Waals surface area contributed by atoms with E-state index in [0.29, 0.717) is 12.2 Å². The molecular formula is C12H12F3N3. The van der Waals surface area contributed by atoms with E-state index >= 15 is 0 Å². The van der Waals surface area contributed by atoms with Gasteiger partial charge in [-0.05, 0) is 24.3 Å². The maximum absolute atomic E-state index is 12.3. The fourth-order valence-corrected chi connectivity index (χ4v) is 1.52. The molecule has 1 aromatic carbocycles. The van der Waals surface area contributed by atoms with E-state index in [2.05, 4.69) is 10.3 Å². The summed E-state index contributed by atoms with van der Waals surface area (Å²) < 4.78 is 38.9. The fraction of sp³-hybridized carbons (Fsp3) is 0.250. The number of alkyl halides is 3. The summed E-state index contributed by atoms with van der Waals surface area (Å²) in [7, 11) is 1.86. The summed E-state index contributed by atoms with van der Waals surface area (Å²) >= 11 is 0. The van der Waals surface area contributed by atoms with Crippen molar-refractivity contribution >= 4 is 5.69 Å². The third-order valence-electron chi connectivity index (χ3n) is 2.60. The van der Waals surface area contributed by atoms with Gasteiger partial charge in [-0.2, -0.15) is 13.2 Å². The second kappa shape index (κ2) is 4.72. The minimum Gasteiger partial charge on any atom is -0.379 e. The molecule has 0 saturated heterocycles. The molecule has 0 saturated carbocycles. The Labute approximate surface area is 102 Å². The maximum atomic E-state index is 12.3. The van der Waals surface area contributed by atoms with Crippen LogP contribution < -0.4 is 5.32 Å². The van der Waals surface area contributed by atoms with Crippen LogP contribution in [0, 0.1) is 0 Å². The molecule has 96 valence electrons.